The Morgan fingerprint density at radius 3 is 2.27 bits per heavy atom. The maximum absolute atomic E-state index is 13.5. The zero-order valence-electron chi connectivity index (χ0n) is 22.3. The first kappa shape index (κ1) is 27.8. The molecular formula is C32H29ClN3O3PS. The number of carbonyl (C=O) groups is 3. The molecule has 2 amide bonds. The van der Waals surface area contributed by atoms with Gasteiger partial charge in [0.05, 0.1) is 20.5 Å². The number of piperidine rings is 1. The van der Waals surface area contributed by atoms with Crippen LogP contribution in [0.4, 0.5) is 5.69 Å². The van der Waals surface area contributed by atoms with Crippen molar-refractivity contribution in [2.24, 2.45) is 0 Å². The molecular weight excluding hydrogens is 573 g/mol. The summed E-state index contributed by atoms with van der Waals surface area (Å²) >= 11 is 8.06. The SMILES string of the molecule is O=C(P)c1ccc(C2CCN(C(=O)c3cc(NC(=O)c4nc(C5CC5)sc4-c4ccccc4)ccc3Cl)CC2)cc1. The van der Waals surface area contributed by atoms with E-state index in [1.165, 1.54) is 5.56 Å². The second-order valence-electron chi connectivity index (χ2n) is 10.6. The largest absolute Gasteiger partial charge is 0.339 e. The molecule has 1 aliphatic heterocycles. The molecule has 1 N–H and O–H groups in total. The van der Waals surface area contributed by atoms with E-state index in [-0.39, 0.29) is 17.3 Å². The minimum atomic E-state index is -0.303. The molecule has 9 heteroatoms. The Morgan fingerprint density at radius 2 is 1.61 bits per heavy atom. The van der Waals surface area contributed by atoms with Gasteiger partial charge < -0.3 is 10.2 Å². The number of benzene rings is 3. The van der Waals surface area contributed by atoms with E-state index in [1.54, 1.807) is 29.5 Å². The number of thiazole rings is 1. The monoisotopic (exact) mass is 601 g/mol. The standard InChI is InChI=1S/C32H29ClN3O3PS/c33-26-13-12-24(34-29(37)27-28(21-4-2-1-3-5-21)41-30(35-27)22-8-9-22)18-25(26)31(38)36-16-14-20(15-17-36)19-6-10-23(11-7-19)32(39)40/h1-7,10-13,18,20,22H,8-9,14-17,40H2,(H,34,37). The van der Waals surface area contributed by atoms with Gasteiger partial charge in [0.15, 0.2) is 5.52 Å². The summed E-state index contributed by atoms with van der Waals surface area (Å²) in [5, 5.41) is 4.31. The number of amides is 2. The van der Waals surface area contributed by atoms with Gasteiger partial charge in [0.25, 0.3) is 11.8 Å². The lowest BCUT2D eigenvalue weighted by atomic mass is 9.89. The topological polar surface area (TPSA) is 79.4 Å². The van der Waals surface area contributed by atoms with Crippen molar-refractivity contribution in [1.82, 2.24) is 9.88 Å². The van der Waals surface area contributed by atoms with Crippen LogP contribution in [0.15, 0.2) is 72.8 Å². The molecule has 2 heterocycles. The molecule has 1 atom stereocenters. The Balaban J connectivity index is 1.15. The van der Waals surface area contributed by atoms with Crippen molar-refractivity contribution < 1.29 is 14.4 Å². The van der Waals surface area contributed by atoms with E-state index >= 15 is 0 Å². The van der Waals surface area contributed by atoms with Gasteiger partial charge in [0.2, 0.25) is 0 Å². The molecule has 6 rings (SSSR count). The highest BCUT2D eigenvalue weighted by Gasteiger charge is 2.31. The van der Waals surface area contributed by atoms with Gasteiger partial charge in [-0.3, -0.25) is 14.4 Å². The number of nitrogens with one attached hydrogen (secondary N) is 1. The number of rotatable bonds is 7. The van der Waals surface area contributed by atoms with Crippen LogP contribution in [-0.4, -0.2) is 40.3 Å². The minimum absolute atomic E-state index is 0.0292. The second kappa shape index (κ2) is 11.8. The molecule has 2 fully saturated rings. The maximum Gasteiger partial charge on any atom is 0.275 e. The Labute approximate surface area is 250 Å². The predicted molar refractivity (Wildman–Crippen MR) is 167 cm³/mol. The summed E-state index contributed by atoms with van der Waals surface area (Å²) in [6, 6.07) is 22.6. The Bertz CT molecular complexity index is 1610. The summed E-state index contributed by atoms with van der Waals surface area (Å²) < 4.78 is 0. The number of likely N-dealkylation sites (tertiary alicyclic amines) is 1. The Hall–Kier alpha value is -3.38. The summed E-state index contributed by atoms with van der Waals surface area (Å²) in [6.07, 6.45) is 3.86. The zero-order valence-corrected chi connectivity index (χ0v) is 25.0. The number of carbonyl (C=O) groups excluding carboxylic acids is 3. The third-order valence-electron chi connectivity index (χ3n) is 7.72. The van der Waals surface area contributed by atoms with Crippen LogP contribution in [0.1, 0.15) is 79.3 Å². The van der Waals surface area contributed by atoms with Gasteiger partial charge in [0.1, 0.15) is 5.69 Å². The average molecular weight is 602 g/mol. The minimum Gasteiger partial charge on any atom is -0.339 e. The molecule has 0 bridgehead atoms. The van der Waals surface area contributed by atoms with Crippen molar-refractivity contribution in [2.75, 3.05) is 18.4 Å². The molecule has 4 aromatic rings. The number of hydrogen-bond donors (Lipinski definition) is 1. The van der Waals surface area contributed by atoms with Crippen molar-refractivity contribution in [3.8, 4) is 10.4 Å². The van der Waals surface area contributed by atoms with Crippen molar-refractivity contribution in [1.29, 1.82) is 0 Å². The number of hydrogen-bond acceptors (Lipinski definition) is 5. The summed E-state index contributed by atoms with van der Waals surface area (Å²) in [4.78, 5) is 45.9. The molecule has 208 valence electrons. The van der Waals surface area contributed by atoms with E-state index in [4.69, 9.17) is 16.6 Å². The van der Waals surface area contributed by atoms with Crippen LogP contribution < -0.4 is 5.32 Å². The van der Waals surface area contributed by atoms with E-state index in [2.05, 4.69) is 14.6 Å². The quantitative estimate of drug-likeness (QED) is 0.221. The van der Waals surface area contributed by atoms with Crippen molar-refractivity contribution >= 4 is 55.2 Å². The van der Waals surface area contributed by atoms with E-state index in [9.17, 15) is 14.4 Å². The summed E-state index contributed by atoms with van der Waals surface area (Å²) in [7, 11) is 2.20. The lowest BCUT2D eigenvalue weighted by molar-refractivity contribution is 0.0712. The zero-order chi connectivity index (χ0) is 28.5. The summed E-state index contributed by atoms with van der Waals surface area (Å²) in [6.45, 7) is 1.20. The normalized spacial score (nSPS) is 15.5. The second-order valence-corrected chi connectivity index (χ2v) is 12.5. The van der Waals surface area contributed by atoms with Crippen LogP contribution in [0.5, 0.6) is 0 Å². The first-order valence-electron chi connectivity index (χ1n) is 13.7. The molecule has 1 aliphatic carbocycles. The molecule has 3 aromatic carbocycles. The molecule has 1 unspecified atom stereocenters. The summed E-state index contributed by atoms with van der Waals surface area (Å²) in [5.41, 5.74) is 4.06. The molecule has 6 nitrogen and oxygen atoms in total. The van der Waals surface area contributed by atoms with Gasteiger partial charge in [-0.25, -0.2) is 4.98 Å². The van der Waals surface area contributed by atoms with Gasteiger partial charge in [-0.15, -0.1) is 11.3 Å². The molecule has 1 saturated carbocycles. The third-order valence-corrected chi connectivity index (χ3v) is 9.65. The highest BCUT2D eigenvalue weighted by molar-refractivity contribution is 7.41. The molecule has 1 aromatic heterocycles. The number of halogens is 1. The number of anilines is 1. The average Bonchev–Trinajstić information content (AvgIpc) is 3.76. The van der Waals surface area contributed by atoms with Crippen molar-refractivity contribution in [2.45, 2.75) is 37.5 Å². The fourth-order valence-corrected chi connectivity index (χ4v) is 6.87. The molecule has 0 radical (unpaired) electrons. The third kappa shape index (κ3) is 6.13. The smallest absolute Gasteiger partial charge is 0.275 e. The van der Waals surface area contributed by atoms with E-state index < -0.39 is 0 Å². The van der Waals surface area contributed by atoms with Gasteiger partial charge in [-0.2, -0.15) is 0 Å². The molecule has 0 spiro atoms. The van der Waals surface area contributed by atoms with Crippen LogP contribution in [0.3, 0.4) is 0 Å². The van der Waals surface area contributed by atoms with Crippen LogP contribution in [0.25, 0.3) is 10.4 Å². The first-order chi connectivity index (χ1) is 19.9. The fraction of sp³-hybridized carbons (Fsp3) is 0.250. The highest BCUT2D eigenvalue weighted by atomic mass is 35.5. The highest BCUT2D eigenvalue weighted by Crippen LogP contribution is 2.45. The van der Waals surface area contributed by atoms with Gasteiger partial charge in [-0.05, 0) is 60.9 Å². The van der Waals surface area contributed by atoms with E-state index in [1.807, 2.05) is 59.5 Å². The van der Waals surface area contributed by atoms with Crippen LogP contribution >= 0.6 is 32.2 Å². The van der Waals surface area contributed by atoms with Gasteiger partial charge in [-0.1, -0.05) is 75.4 Å². The number of nitrogens with zero attached hydrogens (tertiary/aromatic N) is 2. The Morgan fingerprint density at radius 1 is 0.902 bits per heavy atom. The van der Waals surface area contributed by atoms with Gasteiger partial charge in [0, 0.05) is 30.3 Å². The van der Waals surface area contributed by atoms with E-state index in [0.717, 1.165) is 41.1 Å². The van der Waals surface area contributed by atoms with Crippen LogP contribution in [-0.2, 0) is 0 Å². The van der Waals surface area contributed by atoms with E-state index in [0.29, 0.717) is 52.5 Å². The predicted octanol–water partition coefficient (Wildman–Crippen LogP) is 7.63. The number of aromatic nitrogens is 1. The fourth-order valence-electron chi connectivity index (χ4n) is 5.24. The van der Waals surface area contributed by atoms with Gasteiger partial charge >= 0.3 is 0 Å². The summed E-state index contributed by atoms with van der Waals surface area (Å²) in [5.74, 6) is 0.309. The lowest BCUT2D eigenvalue weighted by Crippen LogP contribution is -2.38. The lowest BCUT2D eigenvalue weighted by Gasteiger charge is -2.32. The molecule has 1 saturated heterocycles. The first-order valence-corrected chi connectivity index (χ1v) is 15.5. The Kier molecular flexibility index (Phi) is 8.03. The molecule has 41 heavy (non-hydrogen) atoms. The van der Waals surface area contributed by atoms with Crippen LogP contribution in [0.2, 0.25) is 5.02 Å². The molecule has 2 aliphatic rings. The van der Waals surface area contributed by atoms with Crippen molar-refractivity contribution in [3.05, 3.63) is 105 Å². The maximum atomic E-state index is 13.5. The van der Waals surface area contributed by atoms with Crippen molar-refractivity contribution in [3.63, 3.8) is 0 Å². The van der Waals surface area contributed by atoms with Crippen LogP contribution in [0, 0.1) is 0 Å².